The lowest BCUT2D eigenvalue weighted by atomic mass is 10.3. The first kappa shape index (κ1) is 9.99. The Morgan fingerprint density at radius 3 is 3.31 bits per heavy atom. The van der Waals surface area contributed by atoms with E-state index in [4.69, 9.17) is 0 Å². The molecule has 1 unspecified atom stereocenters. The minimum absolute atomic E-state index is 0.281. The second-order valence-corrected chi connectivity index (χ2v) is 5.00. The van der Waals surface area contributed by atoms with Crippen LogP contribution >= 0.6 is 11.8 Å². The normalized spacial score (nSPS) is 21.4. The molecule has 1 fully saturated rings. The summed E-state index contributed by atoms with van der Waals surface area (Å²) in [5, 5.41) is 13.1. The van der Waals surface area contributed by atoms with Gasteiger partial charge in [0.1, 0.15) is 17.1 Å². The number of thioether (sulfide) groups is 1. The van der Waals surface area contributed by atoms with Gasteiger partial charge < -0.3 is 10.4 Å². The Bertz CT molecular complexity index is 505. The molecule has 1 aliphatic heterocycles. The van der Waals surface area contributed by atoms with Crippen LogP contribution in [0, 0.1) is 0 Å². The van der Waals surface area contributed by atoms with E-state index in [1.54, 1.807) is 12.3 Å². The number of nitrogens with one attached hydrogen (secondary N) is 1. The Kier molecular flexibility index (Phi) is 2.49. The standard InChI is InChI=1S/C11H13N3OS/c15-10-2-1-4-14-9(10)6-13-11(14)8-7-16-5-3-12-8/h1-2,4,6,8,12,15H,3,5,7H2. The van der Waals surface area contributed by atoms with E-state index in [9.17, 15) is 5.11 Å². The van der Waals surface area contributed by atoms with Crippen molar-refractivity contribution >= 4 is 17.3 Å². The SMILES string of the molecule is Oc1cccn2c(C3CSCCN3)ncc12. The fourth-order valence-corrected chi connectivity index (χ4v) is 2.95. The molecule has 2 N–H and O–H groups in total. The van der Waals surface area contributed by atoms with Crippen molar-refractivity contribution in [2.45, 2.75) is 6.04 Å². The van der Waals surface area contributed by atoms with Crippen molar-refractivity contribution < 1.29 is 5.11 Å². The molecule has 0 saturated carbocycles. The van der Waals surface area contributed by atoms with Gasteiger partial charge in [-0.2, -0.15) is 11.8 Å². The molecule has 2 aromatic rings. The van der Waals surface area contributed by atoms with Crippen LogP contribution < -0.4 is 5.32 Å². The summed E-state index contributed by atoms with van der Waals surface area (Å²) in [5.41, 5.74) is 0.773. The van der Waals surface area contributed by atoms with Crippen LogP contribution in [0.1, 0.15) is 11.9 Å². The molecule has 1 atom stereocenters. The highest BCUT2D eigenvalue weighted by molar-refractivity contribution is 7.99. The maximum Gasteiger partial charge on any atom is 0.141 e. The smallest absolute Gasteiger partial charge is 0.141 e. The van der Waals surface area contributed by atoms with E-state index in [2.05, 4.69) is 10.3 Å². The van der Waals surface area contributed by atoms with E-state index in [0.717, 1.165) is 29.4 Å². The summed E-state index contributed by atoms with van der Waals surface area (Å²) in [4.78, 5) is 4.41. The Hall–Kier alpha value is -1.20. The second kappa shape index (κ2) is 3.99. The topological polar surface area (TPSA) is 49.6 Å². The molecular weight excluding hydrogens is 222 g/mol. The van der Waals surface area contributed by atoms with Crippen LogP contribution in [-0.4, -0.2) is 32.5 Å². The highest BCUT2D eigenvalue weighted by atomic mass is 32.2. The van der Waals surface area contributed by atoms with Gasteiger partial charge in [-0.1, -0.05) is 0 Å². The first-order chi connectivity index (χ1) is 7.86. The van der Waals surface area contributed by atoms with E-state index in [0.29, 0.717) is 0 Å². The lowest BCUT2D eigenvalue weighted by Crippen LogP contribution is -2.31. The fourth-order valence-electron chi connectivity index (χ4n) is 2.02. The molecule has 0 bridgehead atoms. The molecule has 0 aromatic carbocycles. The Morgan fingerprint density at radius 1 is 1.56 bits per heavy atom. The fraction of sp³-hybridized carbons (Fsp3) is 0.364. The minimum atomic E-state index is 0.281. The van der Waals surface area contributed by atoms with Crippen molar-refractivity contribution in [3.63, 3.8) is 0 Å². The quantitative estimate of drug-likeness (QED) is 0.785. The predicted octanol–water partition coefficient (Wildman–Crippen LogP) is 1.42. The van der Waals surface area contributed by atoms with Crippen LogP contribution in [0.5, 0.6) is 5.75 Å². The molecule has 0 aliphatic carbocycles. The highest BCUT2D eigenvalue weighted by Crippen LogP contribution is 2.25. The van der Waals surface area contributed by atoms with Crippen molar-refractivity contribution in [3.8, 4) is 5.75 Å². The van der Waals surface area contributed by atoms with E-state index in [1.807, 2.05) is 28.4 Å². The lowest BCUT2D eigenvalue weighted by Gasteiger charge is -2.22. The van der Waals surface area contributed by atoms with Gasteiger partial charge in [-0.05, 0) is 12.1 Å². The van der Waals surface area contributed by atoms with Gasteiger partial charge in [0, 0.05) is 24.2 Å². The number of imidazole rings is 1. The van der Waals surface area contributed by atoms with Crippen LogP contribution in [-0.2, 0) is 0 Å². The summed E-state index contributed by atoms with van der Waals surface area (Å²) >= 11 is 1.94. The van der Waals surface area contributed by atoms with Crippen molar-refractivity contribution in [3.05, 3.63) is 30.4 Å². The van der Waals surface area contributed by atoms with Crippen LogP contribution in [0.4, 0.5) is 0 Å². The maximum absolute atomic E-state index is 9.70. The number of pyridine rings is 1. The number of nitrogens with zero attached hydrogens (tertiary/aromatic N) is 2. The zero-order valence-electron chi connectivity index (χ0n) is 8.76. The third-order valence-electron chi connectivity index (χ3n) is 2.81. The third-order valence-corrected chi connectivity index (χ3v) is 3.87. The van der Waals surface area contributed by atoms with Gasteiger partial charge in [0.05, 0.1) is 12.2 Å². The summed E-state index contributed by atoms with van der Waals surface area (Å²) in [6.07, 6.45) is 3.67. The van der Waals surface area contributed by atoms with Crippen molar-refractivity contribution in [2.24, 2.45) is 0 Å². The van der Waals surface area contributed by atoms with Gasteiger partial charge >= 0.3 is 0 Å². The minimum Gasteiger partial charge on any atom is -0.506 e. The molecule has 2 aromatic heterocycles. The molecule has 5 heteroatoms. The molecule has 1 saturated heterocycles. The Labute approximate surface area is 97.7 Å². The summed E-state index contributed by atoms with van der Waals surface area (Å²) in [5.74, 6) is 3.46. The zero-order chi connectivity index (χ0) is 11.0. The Balaban J connectivity index is 2.06. The number of hydrogen-bond acceptors (Lipinski definition) is 4. The Morgan fingerprint density at radius 2 is 2.50 bits per heavy atom. The molecule has 0 amide bonds. The average Bonchev–Trinajstić information content (AvgIpc) is 2.75. The highest BCUT2D eigenvalue weighted by Gasteiger charge is 2.19. The largest absolute Gasteiger partial charge is 0.506 e. The lowest BCUT2D eigenvalue weighted by molar-refractivity contribution is 0.478. The molecule has 0 spiro atoms. The van der Waals surface area contributed by atoms with Gasteiger partial charge in [-0.15, -0.1) is 0 Å². The molecule has 84 valence electrons. The van der Waals surface area contributed by atoms with Gasteiger partial charge in [0.2, 0.25) is 0 Å². The van der Waals surface area contributed by atoms with E-state index in [-0.39, 0.29) is 11.8 Å². The molecule has 3 rings (SSSR count). The van der Waals surface area contributed by atoms with Gasteiger partial charge in [-0.3, -0.25) is 4.40 Å². The second-order valence-electron chi connectivity index (χ2n) is 3.85. The zero-order valence-corrected chi connectivity index (χ0v) is 9.57. The summed E-state index contributed by atoms with van der Waals surface area (Å²) < 4.78 is 1.96. The summed E-state index contributed by atoms with van der Waals surface area (Å²) in [6, 6.07) is 3.80. The van der Waals surface area contributed by atoms with Gasteiger partial charge in [-0.25, -0.2) is 4.98 Å². The maximum atomic E-state index is 9.70. The van der Waals surface area contributed by atoms with Crippen LogP contribution in [0.25, 0.3) is 5.52 Å². The van der Waals surface area contributed by atoms with Crippen molar-refractivity contribution in [1.29, 1.82) is 0 Å². The molecule has 1 aliphatic rings. The van der Waals surface area contributed by atoms with Crippen molar-refractivity contribution in [1.82, 2.24) is 14.7 Å². The number of rotatable bonds is 1. The summed E-state index contributed by atoms with van der Waals surface area (Å²) in [7, 11) is 0. The summed E-state index contributed by atoms with van der Waals surface area (Å²) in [6.45, 7) is 1.02. The van der Waals surface area contributed by atoms with Crippen LogP contribution in [0.15, 0.2) is 24.5 Å². The number of hydrogen-bond donors (Lipinski definition) is 2. The first-order valence-electron chi connectivity index (χ1n) is 5.32. The van der Waals surface area contributed by atoms with Crippen LogP contribution in [0.2, 0.25) is 0 Å². The van der Waals surface area contributed by atoms with Crippen LogP contribution in [0.3, 0.4) is 0 Å². The average molecular weight is 235 g/mol. The van der Waals surface area contributed by atoms with Gasteiger partial charge in [0.25, 0.3) is 0 Å². The predicted molar refractivity (Wildman–Crippen MR) is 64.9 cm³/mol. The van der Waals surface area contributed by atoms with E-state index >= 15 is 0 Å². The van der Waals surface area contributed by atoms with Crippen molar-refractivity contribution in [2.75, 3.05) is 18.1 Å². The molecule has 3 heterocycles. The molecular formula is C11H13N3OS. The molecule has 4 nitrogen and oxygen atoms in total. The number of aromatic hydroxyl groups is 1. The first-order valence-corrected chi connectivity index (χ1v) is 6.48. The monoisotopic (exact) mass is 235 g/mol. The molecule has 16 heavy (non-hydrogen) atoms. The molecule has 0 radical (unpaired) electrons. The number of aromatic nitrogens is 2. The number of fused-ring (bicyclic) bond motifs is 1. The third kappa shape index (κ3) is 1.56. The van der Waals surface area contributed by atoms with Gasteiger partial charge in [0.15, 0.2) is 0 Å². The van der Waals surface area contributed by atoms with E-state index < -0.39 is 0 Å². The van der Waals surface area contributed by atoms with E-state index in [1.165, 1.54) is 0 Å².